The zero-order chi connectivity index (χ0) is 9.84. The van der Waals surface area contributed by atoms with E-state index in [9.17, 15) is 9.59 Å². The molecule has 0 spiro atoms. The molecule has 0 aromatic carbocycles. The predicted molar refractivity (Wildman–Crippen MR) is 56.2 cm³/mol. The highest BCUT2D eigenvalue weighted by Gasteiger charge is 2.10. The highest BCUT2D eigenvalue weighted by atomic mass is 35.5. The zero-order valence-corrected chi connectivity index (χ0v) is 9.74. The summed E-state index contributed by atoms with van der Waals surface area (Å²) in [7, 11) is 3.67. The van der Waals surface area contributed by atoms with Gasteiger partial charge in [-0.05, 0) is 10.3 Å². The normalized spacial score (nSPS) is 10.0. The number of halogens is 1. The Balaban J connectivity index is 2.60. The van der Waals surface area contributed by atoms with E-state index in [1.807, 2.05) is 0 Å². The summed E-state index contributed by atoms with van der Waals surface area (Å²) in [5.41, 5.74) is 0. The fourth-order valence-corrected chi connectivity index (χ4v) is 4.44. The lowest BCUT2D eigenvalue weighted by Crippen LogP contribution is -2.02. The average Bonchev–Trinajstić information content (AvgIpc) is 2.44. The fraction of sp³-hybridized carbons (Fsp3) is 0.333. The largest absolute Gasteiger partial charge is 0.468 e. The van der Waals surface area contributed by atoms with E-state index < -0.39 is 0 Å². The maximum Gasteiger partial charge on any atom is 0.316 e. The molecule has 0 saturated carbocycles. The Morgan fingerprint density at radius 2 is 2.31 bits per heavy atom. The van der Waals surface area contributed by atoms with E-state index in [0.29, 0.717) is 4.21 Å². The van der Waals surface area contributed by atoms with Gasteiger partial charge in [0, 0.05) is 0 Å². The SMILES string of the molecule is COC(=O)CSc1ssc(=O)c1Cl. The molecule has 0 aliphatic carbocycles. The van der Waals surface area contributed by atoms with Gasteiger partial charge in [0.25, 0.3) is 4.74 Å². The van der Waals surface area contributed by atoms with E-state index in [4.69, 9.17) is 11.6 Å². The summed E-state index contributed by atoms with van der Waals surface area (Å²) in [6.45, 7) is 0. The quantitative estimate of drug-likeness (QED) is 0.472. The first-order chi connectivity index (χ1) is 6.15. The lowest BCUT2D eigenvalue weighted by atomic mass is 10.8. The van der Waals surface area contributed by atoms with Crippen molar-refractivity contribution in [2.45, 2.75) is 4.21 Å². The van der Waals surface area contributed by atoms with Crippen LogP contribution in [0.15, 0.2) is 9.00 Å². The molecule has 0 radical (unpaired) electrons. The van der Waals surface area contributed by atoms with Gasteiger partial charge in [0.1, 0.15) is 5.02 Å². The van der Waals surface area contributed by atoms with E-state index in [1.54, 1.807) is 0 Å². The minimum atomic E-state index is -0.327. The van der Waals surface area contributed by atoms with E-state index in [-0.39, 0.29) is 21.5 Å². The highest BCUT2D eigenvalue weighted by molar-refractivity contribution is 8.03. The maximum atomic E-state index is 10.9. The molecule has 0 bridgehead atoms. The summed E-state index contributed by atoms with van der Waals surface area (Å²) in [5.74, 6) is -0.144. The molecule has 1 rings (SSSR count). The number of hydrogen-bond donors (Lipinski definition) is 0. The second-order valence-corrected chi connectivity index (χ2v) is 5.65. The second-order valence-electron chi connectivity index (χ2n) is 1.92. The number of methoxy groups -OCH3 is 1. The van der Waals surface area contributed by atoms with Crippen LogP contribution in [0.25, 0.3) is 0 Å². The predicted octanol–water partition coefficient (Wildman–Crippen LogP) is 2.09. The number of esters is 1. The van der Waals surface area contributed by atoms with Gasteiger partial charge in [-0.15, -0.1) is 11.8 Å². The molecular weight excluding hydrogens is 252 g/mol. The topological polar surface area (TPSA) is 43.4 Å². The highest BCUT2D eigenvalue weighted by Crippen LogP contribution is 2.31. The van der Waals surface area contributed by atoms with Crippen molar-refractivity contribution in [2.24, 2.45) is 0 Å². The van der Waals surface area contributed by atoms with Crippen molar-refractivity contribution in [3.63, 3.8) is 0 Å². The van der Waals surface area contributed by atoms with Crippen LogP contribution in [0.1, 0.15) is 0 Å². The van der Waals surface area contributed by atoms with E-state index in [1.165, 1.54) is 29.2 Å². The Kier molecular flexibility index (Phi) is 4.24. The van der Waals surface area contributed by atoms with E-state index >= 15 is 0 Å². The molecule has 1 aromatic heterocycles. The van der Waals surface area contributed by atoms with Crippen LogP contribution in [0.4, 0.5) is 0 Å². The second kappa shape index (κ2) is 4.99. The molecule has 13 heavy (non-hydrogen) atoms. The molecule has 0 unspecified atom stereocenters. The van der Waals surface area contributed by atoms with Gasteiger partial charge in [0.2, 0.25) is 0 Å². The maximum absolute atomic E-state index is 10.9. The van der Waals surface area contributed by atoms with Crippen molar-refractivity contribution in [1.29, 1.82) is 0 Å². The van der Waals surface area contributed by atoms with Gasteiger partial charge >= 0.3 is 5.97 Å². The summed E-state index contributed by atoms with van der Waals surface area (Å²) >= 11 is 6.89. The van der Waals surface area contributed by atoms with Crippen LogP contribution in [0, 0.1) is 0 Å². The van der Waals surface area contributed by atoms with Crippen LogP contribution < -0.4 is 4.74 Å². The van der Waals surface area contributed by atoms with Crippen LogP contribution in [-0.4, -0.2) is 18.8 Å². The third-order valence-corrected chi connectivity index (χ3v) is 5.56. The van der Waals surface area contributed by atoms with Gasteiger partial charge in [0.05, 0.1) is 17.1 Å². The number of thioether (sulfide) groups is 1. The number of ether oxygens (including phenoxy) is 1. The van der Waals surface area contributed by atoms with Crippen LogP contribution in [0.3, 0.4) is 0 Å². The molecule has 3 nitrogen and oxygen atoms in total. The smallest absolute Gasteiger partial charge is 0.316 e. The van der Waals surface area contributed by atoms with Crippen LogP contribution in [0.5, 0.6) is 0 Å². The lowest BCUT2D eigenvalue weighted by molar-refractivity contribution is -0.137. The summed E-state index contributed by atoms with van der Waals surface area (Å²) < 4.78 is 4.97. The van der Waals surface area contributed by atoms with Crippen LogP contribution in [0.2, 0.25) is 5.02 Å². The molecule has 0 amide bonds. The van der Waals surface area contributed by atoms with Gasteiger partial charge < -0.3 is 4.74 Å². The van der Waals surface area contributed by atoms with Crippen molar-refractivity contribution in [2.75, 3.05) is 12.9 Å². The number of carbonyl (C=O) groups excluding carboxylic acids is 1. The van der Waals surface area contributed by atoms with Gasteiger partial charge in [0.15, 0.2) is 0 Å². The molecule has 0 saturated heterocycles. The molecule has 0 atom stereocenters. The molecule has 0 aliphatic rings. The summed E-state index contributed by atoms with van der Waals surface area (Å²) in [5, 5.41) is 0.212. The average molecular weight is 257 g/mol. The van der Waals surface area contributed by atoms with Crippen LogP contribution in [-0.2, 0) is 9.53 Å². The zero-order valence-electron chi connectivity index (χ0n) is 6.53. The minimum Gasteiger partial charge on any atom is -0.468 e. The van der Waals surface area contributed by atoms with Crippen molar-refractivity contribution in [3.05, 3.63) is 14.6 Å². The Labute approximate surface area is 91.1 Å². The molecule has 1 aromatic rings. The van der Waals surface area contributed by atoms with Gasteiger partial charge in [-0.2, -0.15) is 0 Å². The minimum absolute atomic E-state index is 0.154. The van der Waals surface area contributed by atoms with E-state index in [2.05, 4.69) is 4.74 Å². The third-order valence-electron chi connectivity index (χ3n) is 1.10. The number of carbonyl (C=O) groups is 1. The third kappa shape index (κ3) is 2.98. The first kappa shape index (κ1) is 11.0. The Bertz CT molecular complexity index is 356. The fourth-order valence-electron chi connectivity index (χ4n) is 0.503. The molecule has 0 aliphatic heterocycles. The monoisotopic (exact) mass is 256 g/mol. The Morgan fingerprint density at radius 1 is 1.62 bits per heavy atom. The van der Waals surface area contributed by atoms with Gasteiger partial charge in [-0.1, -0.05) is 21.9 Å². The van der Waals surface area contributed by atoms with Crippen molar-refractivity contribution >= 4 is 50.0 Å². The Morgan fingerprint density at radius 3 is 2.77 bits per heavy atom. The Hall–Kier alpha value is -0.0400. The number of hydrogen-bond acceptors (Lipinski definition) is 6. The molecular formula is C6H5ClO3S3. The summed E-state index contributed by atoms with van der Waals surface area (Å²) in [4.78, 5) is 21.7. The van der Waals surface area contributed by atoms with Crippen molar-refractivity contribution < 1.29 is 9.53 Å². The molecule has 0 fully saturated rings. The molecule has 1 heterocycles. The number of rotatable bonds is 3. The van der Waals surface area contributed by atoms with Gasteiger partial charge in [-0.25, -0.2) is 0 Å². The van der Waals surface area contributed by atoms with Crippen LogP contribution >= 0.6 is 44.0 Å². The first-order valence-corrected chi connectivity index (χ1v) is 6.64. The van der Waals surface area contributed by atoms with E-state index in [0.717, 1.165) is 10.3 Å². The van der Waals surface area contributed by atoms with Gasteiger partial charge in [-0.3, -0.25) is 9.59 Å². The van der Waals surface area contributed by atoms with Crippen molar-refractivity contribution in [3.8, 4) is 0 Å². The standard InChI is InChI=1S/C6H5ClO3S3/c1-10-3(8)2-11-6-4(7)5(9)12-13-6/h2H2,1H3. The first-order valence-electron chi connectivity index (χ1n) is 3.13. The van der Waals surface area contributed by atoms with Crippen molar-refractivity contribution in [1.82, 2.24) is 0 Å². The molecule has 72 valence electrons. The summed E-state index contributed by atoms with van der Waals surface area (Å²) in [6.07, 6.45) is 0. The lowest BCUT2D eigenvalue weighted by Gasteiger charge is -1.96. The molecule has 7 heteroatoms. The summed E-state index contributed by atoms with van der Waals surface area (Å²) in [6, 6.07) is 0. The molecule has 0 N–H and O–H groups in total.